The molecule has 0 saturated carbocycles. The maximum atomic E-state index is 13.7. The first-order chi connectivity index (χ1) is 12.3. The Hall–Kier alpha value is -3.41. The fourth-order valence-corrected chi connectivity index (χ4v) is 1.91. The predicted octanol–water partition coefficient (Wildman–Crippen LogP) is 3.94. The fraction of sp³-hybridized carbons (Fsp3) is 0.0588. The summed E-state index contributed by atoms with van der Waals surface area (Å²) in [5.41, 5.74) is -2.03. The van der Waals surface area contributed by atoms with Gasteiger partial charge in [-0.25, -0.2) is 22.0 Å². The summed E-state index contributed by atoms with van der Waals surface area (Å²) in [6.45, 7) is 0. The molecule has 1 amide bonds. The van der Waals surface area contributed by atoms with Crippen LogP contribution in [0.2, 0.25) is 0 Å². The van der Waals surface area contributed by atoms with E-state index in [1.807, 2.05) is 0 Å². The van der Waals surface area contributed by atoms with Gasteiger partial charge in [-0.3, -0.25) is 4.79 Å². The summed E-state index contributed by atoms with van der Waals surface area (Å²) in [7, 11) is 1.42. The average Bonchev–Trinajstić information content (AvgIpc) is 2.65. The number of halogens is 5. The molecule has 9 heteroatoms. The zero-order valence-electron chi connectivity index (χ0n) is 13.0. The number of amides is 1. The molecule has 0 aliphatic carbocycles. The van der Waals surface area contributed by atoms with E-state index in [0.29, 0.717) is 5.75 Å². The van der Waals surface area contributed by atoms with Gasteiger partial charge in [-0.1, -0.05) is 0 Å². The quantitative estimate of drug-likeness (QED) is 0.292. The van der Waals surface area contributed by atoms with Crippen molar-refractivity contribution in [3.63, 3.8) is 0 Å². The number of rotatable bonds is 4. The van der Waals surface area contributed by atoms with E-state index < -0.39 is 46.1 Å². The molecule has 134 valence electrons. The van der Waals surface area contributed by atoms with Gasteiger partial charge < -0.3 is 10.1 Å². The second-order valence-corrected chi connectivity index (χ2v) is 4.84. The summed E-state index contributed by atoms with van der Waals surface area (Å²) < 4.78 is 71.6. The topological polar surface area (TPSA) is 62.1 Å². The number of nitriles is 1. The van der Waals surface area contributed by atoms with Gasteiger partial charge in [0.15, 0.2) is 23.3 Å². The fourth-order valence-electron chi connectivity index (χ4n) is 1.91. The summed E-state index contributed by atoms with van der Waals surface area (Å²) in [5.74, 6) is -11.6. The van der Waals surface area contributed by atoms with Gasteiger partial charge in [0, 0.05) is 5.69 Å². The molecule has 0 unspecified atom stereocenters. The second-order valence-electron chi connectivity index (χ2n) is 4.84. The van der Waals surface area contributed by atoms with E-state index in [2.05, 4.69) is 5.32 Å². The van der Waals surface area contributed by atoms with Gasteiger partial charge in [0.2, 0.25) is 5.82 Å². The average molecular weight is 368 g/mol. The molecular formula is C17H9F5N2O2. The minimum atomic E-state index is -2.33. The molecule has 0 fully saturated rings. The first-order valence-corrected chi connectivity index (χ1v) is 6.88. The van der Waals surface area contributed by atoms with Crippen LogP contribution in [0.1, 0.15) is 5.56 Å². The van der Waals surface area contributed by atoms with Gasteiger partial charge in [0.1, 0.15) is 17.4 Å². The smallest absolute Gasteiger partial charge is 0.266 e. The van der Waals surface area contributed by atoms with Crippen LogP contribution >= 0.6 is 0 Å². The minimum absolute atomic E-state index is 0.217. The van der Waals surface area contributed by atoms with Gasteiger partial charge in [0.05, 0.1) is 12.7 Å². The molecule has 1 N–H and O–H groups in total. The minimum Gasteiger partial charge on any atom is -0.497 e. The third-order valence-electron chi connectivity index (χ3n) is 3.25. The van der Waals surface area contributed by atoms with Crippen LogP contribution in [0.3, 0.4) is 0 Å². The van der Waals surface area contributed by atoms with Crippen molar-refractivity contribution in [3.8, 4) is 11.8 Å². The van der Waals surface area contributed by atoms with E-state index in [1.165, 1.54) is 37.4 Å². The van der Waals surface area contributed by atoms with Crippen LogP contribution in [0.4, 0.5) is 27.6 Å². The van der Waals surface area contributed by atoms with Crippen molar-refractivity contribution in [2.75, 3.05) is 12.4 Å². The highest BCUT2D eigenvalue weighted by Crippen LogP contribution is 2.25. The molecule has 0 spiro atoms. The van der Waals surface area contributed by atoms with Gasteiger partial charge in [-0.05, 0) is 30.3 Å². The molecule has 0 saturated heterocycles. The van der Waals surface area contributed by atoms with E-state index >= 15 is 0 Å². The number of hydrogen-bond acceptors (Lipinski definition) is 3. The van der Waals surface area contributed by atoms with Gasteiger partial charge >= 0.3 is 0 Å². The third kappa shape index (κ3) is 3.64. The molecular weight excluding hydrogens is 359 g/mol. The Bertz CT molecular complexity index is 905. The number of benzene rings is 2. The highest BCUT2D eigenvalue weighted by Gasteiger charge is 2.25. The lowest BCUT2D eigenvalue weighted by atomic mass is 10.1. The Morgan fingerprint density at radius 2 is 1.50 bits per heavy atom. The lowest BCUT2D eigenvalue weighted by molar-refractivity contribution is -0.112. The monoisotopic (exact) mass is 368 g/mol. The molecule has 0 heterocycles. The van der Waals surface area contributed by atoms with Crippen LogP contribution in [0.25, 0.3) is 6.08 Å². The summed E-state index contributed by atoms with van der Waals surface area (Å²) >= 11 is 0. The Morgan fingerprint density at radius 3 is 1.96 bits per heavy atom. The number of ether oxygens (including phenoxy) is 1. The van der Waals surface area contributed by atoms with Crippen molar-refractivity contribution in [1.82, 2.24) is 0 Å². The molecule has 0 aromatic heterocycles. The lowest BCUT2D eigenvalue weighted by Gasteiger charge is -2.07. The Morgan fingerprint density at radius 1 is 1.00 bits per heavy atom. The third-order valence-corrected chi connectivity index (χ3v) is 3.25. The molecule has 4 nitrogen and oxygen atoms in total. The number of carbonyl (C=O) groups is 1. The Kier molecular flexibility index (Phi) is 5.57. The van der Waals surface area contributed by atoms with Crippen molar-refractivity contribution in [2.24, 2.45) is 0 Å². The van der Waals surface area contributed by atoms with Crippen molar-refractivity contribution < 1.29 is 31.5 Å². The molecule has 0 aliphatic heterocycles. The number of carbonyl (C=O) groups excluding carboxylic acids is 1. The predicted molar refractivity (Wildman–Crippen MR) is 81.4 cm³/mol. The van der Waals surface area contributed by atoms with Crippen molar-refractivity contribution in [2.45, 2.75) is 0 Å². The molecule has 2 aromatic rings. The normalized spacial score (nSPS) is 11.0. The van der Waals surface area contributed by atoms with Crippen molar-refractivity contribution >= 4 is 17.7 Å². The van der Waals surface area contributed by atoms with Crippen LogP contribution in [-0.4, -0.2) is 13.0 Å². The van der Waals surface area contributed by atoms with Crippen LogP contribution < -0.4 is 10.1 Å². The molecule has 0 aliphatic rings. The molecule has 2 rings (SSSR count). The zero-order chi connectivity index (χ0) is 19.4. The summed E-state index contributed by atoms with van der Waals surface area (Å²) in [6.07, 6.45) is 0.287. The first-order valence-electron chi connectivity index (χ1n) is 6.88. The van der Waals surface area contributed by atoms with Crippen LogP contribution in [0.15, 0.2) is 29.8 Å². The highest BCUT2D eigenvalue weighted by atomic mass is 19.2. The highest BCUT2D eigenvalue weighted by molar-refractivity contribution is 6.09. The number of hydrogen-bond donors (Lipinski definition) is 1. The lowest BCUT2D eigenvalue weighted by Crippen LogP contribution is -2.14. The van der Waals surface area contributed by atoms with Crippen molar-refractivity contribution in [1.29, 1.82) is 5.26 Å². The molecule has 0 bridgehead atoms. The van der Waals surface area contributed by atoms with Crippen LogP contribution in [-0.2, 0) is 4.79 Å². The number of methoxy groups -OCH3 is 1. The van der Waals surface area contributed by atoms with Crippen LogP contribution in [0, 0.1) is 40.4 Å². The first kappa shape index (κ1) is 18.9. The van der Waals surface area contributed by atoms with Crippen LogP contribution in [0.5, 0.6) is 5.75 Å². The molecule has 26 heavy (non-hydrogen) atoms. The van der Waals surface area contributed by atoms with E-state index in [9.17, 15) is 26.7 Å². The maximum absolute atomic E-state index is 13.7. The summed E-state index contributed by atoms with van der Waals surface area (Å²) in [6, 6.07) is 7.19. The largest absolute Gasteiger partial charge is 0.497 e. The SMILES string of the molecule is COc1ccc(NC(=O)/C(C#N)=C/c2c(F)c(F)c(F)c(F)c2F)cc1. The molecule has 0 radical (unpaired) electrons. The van der Waals surface area contributed by atoms with Gasteiger partial charge in [-0.2, -0.15) is 5.26 Å². The van der Waals surface area contributed by atoms with E-state index in [-0.39, 0.29) is 11.8 Å². The Labute approximate surface area is 144 Å². The standard InChI is InChI=1S/C17H9F5N2O2/c1-26-10-4-2-9(3-5-10)24-17(25)8(7-23)6-11-12(18)14(20)16(22)15(21)13(11)19/h2-6H,1H3,(H,24,25)/b8-6+. The maximum Gasteiger partial charge on any atom is 0.266 e. The number of nitrogens with zero attached hydrogens (tertiary/aromatic N) is 1. The van der Waals surface area contributed by atoms with E-state index in [4.69, 9.17) is 10.00 Å². The van der Waals surface area contributed by atoms with Gasteiger partial charge in [-0.15, -0.1) is 0 Å². The van der Waals surface area contributed by atoms with E-state index in [1.54, 1.807) is 0 Å². The summed E-state index contributed by atoms with van der Waals surface area (Å²) in [4.78, 5) is 12.0. The second kappa shape index (κ2) is 7.65. The van der Waals surface area contributed by atoms with Gasteiger partial charge in [0.25, 0.3) is 5.91 Å². The number of anilines is 1. The summed E-state index contributed by atoms with van der Waals surface area (Å²) in [5, 5.41) is 11.2. The van der Waals surface area contributed by atoms with Crippen molar-refractivity contribution in [3.05, 3.63) is 64.5 Å². The Balaban J connectivity index is 2.39. The molecule has 2 aromatic carbocycles. The zero-order valence-corrected chi connectivity index (χ0v) is 13.0. The molecule has 0 atom stereocenters. The number of nitrogens with one attached hydrogen (secondary N) is 1. The van der Waals surface area contributed by atoms with E-state index in [0.717, 1.165) is 0 Å².